The number of carboxylic acids is 1. The number of carbonyl (C=O) groups is 2. The number of fused-ring (bicyclic) bond motifs is 1. The Morgan fingerprint density at radius 3 is 2.94 bits per heavy atom. The molecule has 0 saturated heterocycles. The lowest BCUT2D eigenvalue weighted by Gasteiger charge is -2.23. The molecule has 0 saturated carbocycles. The Balaban J connectivity index is 2.33. The minimum atomic E-state index is -0.922. The highest BCUT2D eigenvalue weighted by molar-refractivity contribution is 6.02. The van der Waals surface area contributed by atoms with Gasteiger partial charge in [-0.1, -0.05) is 12.1 Å². The van der Waals surface area contributed by atoms with Gasteiger partial charge in [-0.25, -0.2) is 0 Å². The number of ketones is 1. The second-order valence-corrected chi connectivity index (χ2v) is 4.18. The van der Waals surface area contributed by atoms with Crippen LogP contribution in [0, 0.1) is 5.92 Å². The van der Waals surface area contributed by atoms with Crippen molar-refractivity contribution >= 4 is 11.8 Å². The van der Waals surface area contributed by atoms with Crippen LogP contribution in [0.5, 0.6) is 5.75 Å². The average molecular weight is 234 g/mol. The first-order valence-electron chi connectivity index (χ1n) is 5.55. The molecule has 0 bridgehead atoms. The molecule has 1 unspecified atom stereocenters. The first-order valence-corrected chi connectivity index (χ1v) is 5.55. The maximum atomic E-state index is 12.1. The first-order chi connectivity index (χ1) is 8.13. The van der Waals surface area contributed by atoms with Gasteiger partial charge >= 0.3 is 5.97 Å². The summed E-state index contributed by atoms with van der Waals surface area (Å²) in [5, 5.41) is 8.76. The van der Waals surface area contributed by atoms with Gasteiger partial charge in [-0.05, 0) is 18.9 Å². The molecule has 2 rings (SSSR count). The Kier molecular flexibility index (Phi) is 3.13. The molecular formula is C13H14O4. The fourth-order valence-electron chi connectivity index (χ4n) is 2.32. The highest BCUT2D eigenvalue weighted by atomic mass is 16.5. The van der Waals surface area contributed by atoms with Crippen LogP contribution in [0.4, 0.5) is 0 Å². The van der Waals surface area contributed by atoms with Crippen LogP contribution in [-0.2, 0) is 11.2 Å². The van der Waals surface area contributed by atoms with Gasteiger partial charge in [-0.2, -0.15) is 0 Å². The van der Waals surface area contributed by atoms with E-state index in [0.29, 0.717) is 24.2 Å². The molecule has 17 heavy (non-hydrogen) atoms. The van der Waals surface area contributed by atoms with Crippen molar-refractivity contribution in [3.05, 3.63) is 29.3 Å². The minimum absolute atomic E-state index is 0.0763. The number of Topliss-reactive ketones (excluding diaryl/α,β-unsaturated/α-hetero) is 1. The lowest BCUT2D eigenvalue weighted by molar-refractivity contribution is -0.137. The van der Waals surface area contributed by atoms with E-state index in [1.807, 2.05) is 6.07 Å². The Hall–Kier alpha value is -1.84. The summed E-state index contributed by atoms with van der Waals surface area (Å²) in [5.41, 5.74) is 1.52. The quantitative estimate of drug-likeness (QED) is 0.867. The number of methoxy groups -OCH3 is 1. The largest absolute Gasteiger partial charge is 0.496 e. The molecule has 1 aromatic carbocycles. The normalized spacial score (nSPS) is 18.6. The highest BCUT2D eigenvalue weighted by Crippen LogP contribution is 2.33. The second kappa shape index (κ2) is 4.57. The maximum absolute atomic E-state index is 12.1. The summed E-state index contributed by atoms with van der Waals surface area (Å²) in [6.07, 6.45) is 1.19. The summed E-state index contributed by atoms with van der Waals surface area (Å²) < 4.78 is 5.21. The van der Waals surface area contributed by atoms with Gasteiger partial charge in [0.15, 0.2) is 5.78 Å². The zero-order chi connectivity index (χ0) is 12.4. The van der Waals surface area contributed by atoms with Crippen LogP contribution in [0.1, 0.15) is 28.8 Å². The molecule has 1 N–H and O–H groups in total. The topological polar surface area (TPSA) is 63.6 Å². The van der Waals surface area contributed by atoms with Crippen molar-refractivity contribution in [2.24, 2.45) is 5.92 Å². The van der Waals surface area contributed by atoms with Crippen molar-refractivity contribution in [1.82, 2.24) is 0 Å². The van der Waals surface area contributed by atoms with Gasteiger partial charge in [0.2, 0.25) is 0 Å². The lowest BCUT2D eigenvalue weighted by Crippen LogP contribution is -2.25. The van der Waals surface area contributed by atoms with Crippen LogP contribution < -0.4 is 4.74 Å². The van der Waals surface area contributed by atoms with Crippen molar-refractivity contribution in [2.45, 2.75) is 19.3 Å². The molecule has 1 aromatic rings. The third-order valence-electron chi connectivity index (χ3n) is 3.15. The Labute approximate surface area is 99.2 Å². The van der Waals surface area contributed by atoms with Crippen molar-refractivity contribution < 1.29 is 19.4 Å². The molecule has 0 aliphatic heterocycles. The van der Waals surface area contributed by atoms with E-state index in [2.05, 4.69) is 0 Å². The van der Waals surface area contributed by atoms with Gasteiger partial charge in [0.25, 0.3) is 0 Å². The van der Waals surface area contributed by atoms with Crippen LogP contribution in [0.15, 0.2) is 18.2 Å². The van der Waals surface area contributed by atoms with Gasteiger partial charge in [0, 0.05) is 17.0 Å². The van der Waals surface area contributed by atoms with Crippen LogP contribution in [0.2, 0.25) is 0 Å². The number of ether oxygens (including phenoxy) is 1. The third kappa shape index (κ3) is 2.16. The minimum Gasteiger partial charge on any atom is -0.496 e. The fraction of sp³-hybridized carbons (Fsp3) is 0.385. The van der Waals surface area contributed by atoms with E-state index >= 15 is 0 Å². The lowest BCUT2D eigenvalue weighted by atomic mass is 9.81. The zero-order valence-electron chi connectivity index (χ0n) is 9.60. The molecule has 4 nitrogen and oxygen atoms in total. The summed E-state index contributed by atoms with van der Waals surface area (Å²) in [7, 11) is 1.57. The molecule has 0 spiro atoms. The number of benzene rings is 1. The number of rotatable bonds is 3. The number of hydrogen-bond donors (Lipinski definition) is 1. The molecule has 0 radical (unpaired) electrons. The predicted octanol–water partition coefficient (Wildman–Crippen LogP) is 1.92. The number of carboxylic acid groups (broad SMARTS) is 1. The first kappa shape index (κ1) is 11.6. The van der Waals surface area contributed by atoms with Crippen molar-refractivity contribution in [2.75, 3.05) is 7.11 Å². The fourth-order valence-corrected chi connectivity index (χ4v) is 2.32. The summed E-state index contributed by atoms with van der Waals surface area (Å²) in [4.78, 5) is 22.8. The number of aliphatic carboxylic acids is 1. The molecule has 1 atom stereocenters. The van der Waals surface area contributed by atoms with E-state index in [1.165, 1.54) is 0 Å². The van der Waals surface area contributed by atoms with Gasteiger partial charge < -0.3 is 9.84 Å². The van der Waals surface area contributed by atoms with Gasteiger partial charge in [-0.3, -0.25) is 9.59 Å². The van der Waals surface area contributed by atoms with Crippen molar-refractivity contribution in [3.63, 3.8) is 0 Å². The van der Waals surface area contributed by atoms with Crippen LogP contribution in [0.25, 0.3) is 0 Å². The molecule has 4 heteroatoms. The van der Waals surface area contributed by atoms with E-state index in [4.69, 9.17) is 9.84 Å². The summed E-state index contributed by atoms with van der Waals surface area (Å²) in [6, 6.07) is 5.33. The van der Waals surface area contributed by atoms with Gasteiger partial charge in [0.1, 0.15) is 5.75 Å². The molecular weight excluding hydrogens is 220 g/mol. The summed E-state index contributed by atoms with van der Waals surface area (Å²) in [5.74, 6) is -0.682. The number of carbonyl (C=O) groups excluding carboxylic acids is 1. The van der Waals surface area contributed by atoms with Crippen molar-refractivity contribution in [3.8, 4) is 5.75 Å². The SMILES string of the molecule is COc1cccc2c1CCC(CC(=O)O)C2=O. The summed E-state index contributed by atoms with van der Waals surface area (Å²) >= 11 is 0. The second-order valence-electron chi connectivity index (χ2n) is 4.18. The predicted molar refractivity (Wildman–Crippen MR) is 61.4 cm³/mol. The third-order valence-corrected chi connectivity index (χ3v) is 3.15. The Bertz CT molecular complexity index is 464. The monoisotopic (exact) mass is 234 g/mol. The molecule has 0 aromatic heterocycles. The molecule has 1 aliphatic rings. The smallest absolute Gasteiger partial charge is 0.304 e. The summed E-state index contributed by atoms with van der Waals surface area (Å²) in [6.45, 7) is 0. The van der Waals surface area contributed by atoms with E-state index in [9.17, 15) is 9.59 Å². The van der Waals surface area contributed by atoms with E-state index in [0.717, 1.165) is 5.56 Å². The van der Waals surface area contributed by atoms with E-state index < -0.39 is 11.9 Å². The van der Waals surface area contributed by atoms with Crippen LogP contribution >= 0.6 is 0 Å². The molecule has 0 heterocycles. The van der Waals surface area contributed by atoms with Crippen LogP contribution in [-0.4, -0.2) is 24.0 Å². The van der Waals surface area contributed by atoms with E-state index in [1.54, 1.807) is 19.2 Å². The molecule has 1 aliphatic carbocycles. The average Bonchev–Trinajstić information content (AvgIpc) is 2.31. The molecule has 0 fully saturated rings. The highest BCUT2D eigenvalue weighted by Gasteiger charge is 2.30. The Morgan fingerprint density at radius 1 is 1.53 bits per heavy atom. The van der Waals surface area contributed by atoms with Gasteiger partial charge in [0.05, 0.1) is 13.5 Å². The molecule has 90 valence electrons. The van der Waals surface area contributed by atoms with Crippen molar-refractivity contribution in [1.29, 1.82) is 0 Å². The van der Waals surface area contributed by atoms with Gasteiger partial charge in [-0.15, -0.1) is 0 Å². The molecule has 0 amide bonds. The van der Waals surface area contributed by atoms with Crippen LogP contribution in [0.3, 0.4) is 0 Å². The zero-order valence-corrected chi connectivity index (χ0v) is 9.60. The maximum Gasteiger partial charge on any atom is 0.304 e. The standard InChI is InChI=1S/C13H14O4/c1-17-11-4-2-3-10-9(11)6-5-8(13(10)16)7-12(14)15/h2-4,8H,5-7H2,1H3,(H,14,15). The number of hydrogen-bond acceptors (Lipinski definition) is 3. The van der Waals surface area contributed by atoms with E-state index in [-0.39, 0.29) is 12.2 Å². The Morgan fingerprint density at radius 2 is 2.29 bits per heavy atom.